The zero-order valence-electron chi connectivity index (χ0n) is 18.3. The first-order valence-corrected chi connectivity index (χ1v) is 10.1. The molecule has 0 bridgehead atoms. The number of carbonyl (C=O) groups excluding carboxylic acids is 1. The maximum absolute atomic E-state index is 12.2. The number of methoxy groups -OCH3 is 1. The zero-order chi connectivity index (χ0) is 20.8. The highest BCUT2D eigenvalue weighted by Gasteiger charge is 2.12. The van der Waals surface area contributed by atoms with Crippen LogP contribution in [0.25, 0.3) is 0 Å². The van der Waals surface area contributed by atoms with Gasteiger partial charge in [0.2, 0.25) is 0 Å². The van der Waals surface area contributed by atoms with Crippen molar-refractivity contribution in [1.82, 2.24) is 16.0 Å². The van der Waals surface area contributed by atoms with E-state index in [0.717, 1.165) is 25.5 Å². The molecule has 0 radical (unpaired) electrons. The van der Waals surface area contributed by atoms with Gasteiger partial charge in [-0.2, -0.15) is 0 Å². The van der Waals surface area contributed by atoms with Gasteiger partial charge in [-0.15, -0.1) is 24.0 Å². The van der Waals surface area contributed by atoms with Crippen LogP contribution in [0.1, 0.15) is 44.5 Å². The van der Waals surface area contributed by atoms with E-state index in [0.29, 0.717) is 36.9 Å². The van der Waals surface area contributed by atoms with Gasteiger partial charge in [0.05, 0.1) is 13.2 Å². The van der Waals surface area contributed by atoms with Crippen LogP contribution in [-0.2, 0) is 4.74 Å². The van der Waals surface area contributed by atoms with Crippen molar-refractivity contribution in [3.63, 3.8) is 0 Å². The van der Waals surface area contributed by atoms with Crippen molar-refractivity contribution in [2.75, 3.05) is 39.9 Å². The Morgan fingerprint density at radius 3 is 2.48 bits per heavy atom. The molecule has 0 aliphatic rings. The lowest BCUT2D eigenvalue weighted by atomic mass is 10.0. The van der Waals surface area contributed by atoms with Gasteiger partial charge in [0.15, 0.2) is 5.96 Å². The Morgan fingerprint density at radius 2 is 1.86 bits per heavy atom. The van der Waals surface area contributed by atoms with Crippen LogP contribution in [0.5, 0.6) is 5.75 Å². The van der Waals surface area contributed by atoms with Crippen LogP contribution in [0.4, 0.5) is 0 Å². The number of nitrogens with one attached hydrogen (secondary N) is 3. The topological polar surface area (TPSA) is 84.0 Å². The van der Waals surface area contributed by atoms with Gasteiger partial charge in [0.1, 0.15) is 5.75 Å². The fourth-order valence-electron chi connectivity index (χ4n) is 2.69. The lowest BCUT2D eigenvalue weighted by Crippen LogP contribution is -2.41. The molecule has 1 aromatic carbocycles. The van der Waals surface area contributed by atoms with E-state index in [1.165, 1.54) is 0 Å². The van der Waals surface area contributed by atoms with Crippen LogP contribution in [0.3, 0.4) is 0 Å². The molecule has 0 aromatic heterocycles. The molecule has 7 nitrogen and oxygen atoms in total. The molecule has 166 valence electrons. The van der Waals surface area contributed by atoms with Crippen LogP contribution in [0, 0.1) is 5.92 Å². The van der Waals surface area contributed by atoms with E-state index in [9.17, 15) is 4.79 Å². The molecular formula is C21H37IN4O3. The van der Waals surface area contributed by atoms with Gasteiger partial charge in [0, 0.05) is 38.3 Å². The summed E-state index contributed by atoms with van der Waals surface area (Å²) in [7, 11) is 1.58. The highest BCUT2D eigenvalue weighted by Crippen LogP contribution is 2.12. The molecule has 1 unspecified atom stereocenters. The van der Waals surface area contributed by atoms with Gasteiger partial charge in [-0.05, 0) is 44.4 Å². The van der Waals surface area contributed by atoms with E-state index in [-0.39, 0.29) is 36.0 Å². The van der Waals surface area contributed by atoms with Gasteiger partial charge >= 0.3 is 0 Å². The van der Waals surface area contributed by atoms with Crippen molar-refractivity contribution in [2.24, 2.45) is 10.9 Å². The first-order valence-electron chi connectivity index (χ1n) is 10.1. The average molecular weight is 520 g/mol. The molecule has 0 aliphatic heterocycles. The van der Waals surface area contributed by atoms with Crippen molar-refractivity contribution >= 4 is 35.8 Å². The monoisotopic (exact) mass is 520 g/mol. The Balaban J connectivity index is 0.00000784. The largest absolute Gasteiger partial charge is 0.497 e. The number of hydrogen-bond acceptors (Lipinski definition) is 4. The Labute approximate surface area is 192 Å². The summed E-state index contributed by atoms with van der Waals surface area (Å²) >= 11 is 0. The maximum Gasteiger partial charge on any atom is 0.251 e. The minimum atomic E-state index is -0.126. The lowest BCUT2D eigenvalue weighted by Gasteiger charge is -2.20. The third-order valence-electron chi connectivity index (χ3n) is 4.19. The molecule has 0 heterocycles. The standard InChI is InChI=1S/C21H36N4O3.HI/c1-6-22-21(24-12-11-19(16(3)4)28-7-2)25-14-13-23-20(26)17-9-8-10-18(15-17)27-5;/h8-10,15-16,19H,6-7,11-14H2,1-5H3,(H,23,26)(H2,22,24,25);1H. The number of nitrogens with zero attached hydrogens (tertiary/aromatic N) is 1. The molecule has 29 heavy (non-hydrogen) atoms. The average Bonchev–Trinajstić information content (AvgIpc) is 2.70. The molecule has 0 saturated heterocycles. The molecule has 1 aromatic rings. The number of aliphatic imine (C=N–C) groups is 1. The predicted molar refractivity (Wildman–Crippen MR) is 130 cm³/mol. The van der Waals surface area contributed by atoms with Gasteiger partial charge in [-0.1, -0.05) is 19.9 Å². The molecule has 0 saturated carbocycles. The summed E-state index contributed by atoms with van der Waals surface area (Å²) in [4.78, 5) is 16.8. The minimum Gasteiger partial charge on any atom is -0.497 e. The van der Waals surface area contributed by atoms with E-state index >= 15 is 0 Å². The molecule has 0 fully saturated rings. The third-order valence-corrected chi connectivity index (χ3v) is 4.19. The number of carbonyl (C=O) groups is 1. The number of hydrogen-bond donors (Lipinski definition) is 3. The van der Waals surface area contributed by atoms with E-state index in [1.54, 1.807) is 25.3 Å². The second-order valence-electron chi connectivity index (χ2n) is 6.70. The summed E-state index contributed by atoms with van der Waals surface area (Å²) < 4.78 is 10.9. The first kappa shape index (κ1) is 27.5. The third kappa shape index (κ3) is 11.3. The highest BCUT2D eigenvalue weighted by molar-refractivity contribution is 14.0. The zero-order valence-corrected chi connectivity index (χ0v) is 20.6. The van der Waals surface area contributed by atoms with Crippen LogP contribution >= 0.6 is 24.0 Å². The number of benzene rings is 1. The van der Waals surface area contributed by atoms with Crippen LogP contribution in [0.2, 0.25) is 0 Å². The van der Waals surface area contributed by atoms with E-state index < -0.39 is 0 Å². The fraction of sp³-hybridized carbons (Fsp3) is 0.619. The second kappa shape index (κ2) is 16.3. The maximum atomic E-state index is 12.2. The van der Waals surface area contributed by atoms with Gasteiger partial charge in [-0.25, -0.2) is 0 Å². The molecular weight excluding hydrogens is 483 g/mol. The van der Waals surface area contributed by atoms with Crippen molar-refractivity contribution in [2.45, 2.75) is 40.2 Å². The summed E-state index contributed by atoms with van der Waals surface area (Å²) in [6, 6.07) is 7.10. The molecule has 8 heteroatoms. The van der Waals surface area contributed by atoms with Gasteiger partial charge in [0.25, 0.3) is 5.91 Å². The molecule has 1 rings (SSSR count). The van der Waals surface area contributed by atoms with Crippen LogP contribution < -0.4 is 20.7 Å². The number of ether oxygens (including phenoxy) is 2. The van der Waals surface area contributed by atoms with Gasteiger partial charge in [-0.3, -0.25) is 9.79 Å². The first-order chi connectivity index (χ1) is 13.5. The van der Waals surface area contributed by atoms with Crippen molar-refractivity contribution in [3.8, 4) is 5.75 Å². The summed E-state index contributed by atoms with van der Waals surface area (Å²) in [5.74, 6) is 1.76. The van der Waals surface area contributed by atoms with Crippen molar-refractivity contribution in [3.05, 3.63) is 29.8 Å². The smallest absolute Gasteiger partial charge is 0.251 e. The number of amides is 1. The van der Waals surface area contributed by atoms with Crippen molar-refractivity contribution < 1.29 is 14.3 Å². The van der Waals surface area contributed by atoms with Gasteiger partial charge < -0.3 is 25.4 Å². The van der Waals surface area contributed by atoms with Crippen LogP contribution in [0.15, 0.2) is 29.3 Å². The summed E-state index contributed by atoms with van der Waals surface area (Å²) in [6.07, 6.45) is 1.10. The van der Waals surface area contributed by atoms with Crippen LogP contribution in [-0.4, -0.2) is 57.9 Å². The molecule has 1 atom stereocenters. The lowest BCUT2D eigenvalue weighted by molar-refractivity contribution is 0.0266. The van der Waals surface area contributed by atoms with Crippen molar-refractivity contribution in [1.29, 1.82) is 0 Å². The molecule has 1 amide bonds. The predicted octanol–water partition coefficient (Wildman–Crippen LogP) is 3.05. The second-order valence-corrected chi connectivity index (χ2v) is 6.70. The Bertz CT molecular complexity index is 611. The summed E-state index contributed by atoms with van der Waals surface area (Å²) in [5, 5.41) is 9.36. The SMILES string of the molecule is CCNC(=NCCC(OCC)C(C)C)NCCNC(=O)c1cccc(OC)c1.I. The number of guanidine groups is 1. The summed E-state index contributed by atoms with van der Waals surface area (Å²) in [6.45, 7) is 11.6. The quantitative estimate of drug-likeness (QED) is 0.171. The highest BCUT2D eigenvalue weighted by atomic mass is 127. The van der Waals surface area contributed by atoms with E-state index in [1.807, 2.05) is 19.9 Å². The van der Waals surface area contributed by atoms with E-state index in [2.05, 4.69) is 34.8 Å². The fourth-order valence-corrected chi connectivity index (χ4v) is 2.69. The van der Waals surface area contributed by atoms with E-state index in [4.69, 9.17) is 9.47 Å². The molecule has 0 aliphatic carbocycles. The Kier molecular flexibility index (Phi) is 15.4. The Hall–Kier alpha value is -1.55. The molecule has 3 N–H and O–H groups in total. The number of halogens is 1. The minimum absolute atomic E-state index is 0. The normalized spacial score (nSPS) is 12.1. The Morgan fingerprint density at radius 1 is 1.14 bits per heavy atom. The number of rotatable bonds is 12. The summed E-state index contributed by atoms with van der Waals surface area (Å²) in [5.41, 5.74) is 0.579. The molecule has 0 spiro atoms.